The zero-order valence-electron chi connectivity index (χ0n) is 7.83. The topological polar surface area (TPSA) is 84.4 Å². The highest BCUT2D eigenvalue weighted by Gasteiger charge is 2.16. The van der Waals surface area contributed by atoms with E-state index in [1.165, 1.54) is 0 Å². The van der Waals surface area contributed by atoms with E-state index >= 15 is 0 Å². The Kier molecular flexibility index (Phi) is 4.14. The summed E-state index contributed by atoms with van der Waals surface area (Å²) in [5.74, 6) is 4.86. The lowest BCUT2D eigenvalue weighted by molar-refractivity contribution is -0.121. The monoisotopic (exact) mass is 186 g/mol. The molecule has 0 aromatic heterocycles. The van der Waals surface area contributed by atoms with E-state index < -0.39 is 0 Å². The number of carbonyl (C=O) groups excluding carboxylic acids is 1. The number of hydrazine groups is 1. The summed E-state index contributed by atoms with van der Waals surface area (Å²) in [6, 6.07) is 0.273. The van der Waals surface area contributed by atoms with E-state index in [0.29, 0.717) is 6.42 Å². The smallest absolute Gasteiger partial charge is 0.235 e. The minimum absolute atomic E-state index is 0.112. The van der Waals surface area contributed by atoms with Gasteiger partial charge in [0.2, 0.25) is 5.91 Å². The molecule has 1 aliphatic rings. The molecule has 0 bridgehead atoms. The van der Waals surface area contributed by atoms with Gasteiger partial charge in [-0.25, -0.2) is 5.84 Å². The molecule has 0 aromatic carbocycles. The third kappa shape index (κ3) is 3.71. The highest BCUT2D eigenvalue weighted by molar-refractivity contribution is 5.75. The summed E-state index contributed by atoms with van der Waals surface area (Å²) >= 11 is 0. The van der Waals surface area contributed by atoms with Gasteiger partial charge < -0.3 is 10.6 Å². The van der Waals surface area contributed by atoms with Crippen molar-refractivity contribution in [3.8, 4) is 0 Å². The summed E-state index contributed by atoms with van der Waals surface area (Å²) in [5.41, 5.74) is 7.92. The van der Waals surface area contributed by atoms with Gasteiger partial charge in [-0.1, -0.05) is 0 Å². The van der Waals surface area contributed by atoms with Crippen LogP contribution in [0.4, 0.5) is 0 Å². The summed E-state index contributed by atoms with van der Waals surface area (Å²) in [4.78, 5) is 13.1. The van der Waals surface area contributed by atoms with Gasteiger partial charge in [-0.2, -0.15) is 0 Å². The van der Waals surface area contributed by atoms with E-state index in [2.05, 4.69) is 10.3 Å². The molecule has 1 amide bonds. The molecule has 1 rings (SSSR count). The zero-order chi connectivity index (χ0) is 9.68. The first-order valence-corrected chi connectivity index (χ1v) is 4.69. The van der Waals surface area contributed by atoms with Crippen molar-refractivity contribution in [3.63, 3.8) is 0 Å². The van der Waals surface area contributed by atoms with Crippen molar-refractivity contribution in [1.82, 2.24) is 10.3 Å². The summed E-state index contributed by atoms with van der Waals surface area (Å²) < 4.78 is 0. The molecular formula is C8H18N4O. The van der Waals surface area contributed by atoms with Crippen molar-refractivity contribution < 1.29 is 4.79 Å². The van der Waals surface area contributed by atoms with E-state index in [1.54, 1.807) is 0 Å². The molecule has 1 heterocycles. The number of rotatable bonds is 3. The fraction of sp³-hybridized carbons (Fsp3) is 0.875. The van der Waals surface area contributed by atoms with Gasteiger partial charge in [-0.3, -0.25) is 10.2 Å². The molecular weight excluding hydrogens is 168 g/mol. The van der Waals surface area contributed by atoms with Crippen LogP contribution in [0, 0.1) is 0 Å². The Morgan fingerprint density at radius 3 is 3.00 bits per heavy atom. The molecule has 1 atom stereocenters. The molecule has 1 unspecified atom stereocenters. The van der Waals surface area contributed by atoms with Gasteiger partial charge in [0.15, 0.2) is 0 Å². The lowest BCUT2D eigenvalue weighted by Gasteiger charge is -2.30. The van der Waals surface area contributed by atoms with E-state index in [1.807, 2.05) is 0 Å². The van der Waals surface area contributed by atoms with Crippen molar-refractivity contribution in [2.24, 2.45) is 11.6 Å². The maximum Gasteiger partial charge on any atom is 0.235 e. The highest BCUT2D eigenvalue weighted by Crippen LogP contribution is 2.07. The van der Waals surface area contributed by atoms with Crippen LogP contribution in [0.1, 0.15) is 19.3 Å². The molecule has 5 nitrogen and oxygen atoms in total. The molecule has 1 aliphatic heterocycles. The van der Waals surface area contributed by atoms with Gasteiger partial charge >= 0.3 is 0 Å². The van der Waals surface area contributed by atoms with E-state index in [-0.39, 0.29) is 11.9 Å². The molecule has 0 aliphatic carbocycles. The largest absolute Gasteiger partial charge is 0.327 e. The Balaban J connectivity index is 2.17. The Labute approximate surface area is 78.4 Å². The fourth-order valence-electron chi connectivity index (χ4n) is 1.63. The average molecular weight is 186 g/mol. The van der Waals surface area contributed by atoms with E-state index in [4.69, 9.17) is 11.6 Å². The number of amides is 1. The lowest BCUT2D eigenvalue weighted by atomic mass is 10.1. The van der Waals surface area contributed by atoms with E-state index in [0.717, 1.165) is 32.5 Å². The Morgan fingerprint density at radius 1 is 1.62 bits per heavy atom. The van der Waals surface area contributed by atoms with Crippen LogP contribution in [0.3, 0.4) is 0 Å². The van der Waals surface area contributed by atoms with Crippen LogP contribution in [-0.4, -0.2) is 36.5 Å². The molecule has 13 heavy (non-hydrogen) atoms. The second kappa shape index (κ2) is 5.16. The van der Waals surface area contributed by atoms with Crippen LogP contribution in [0.5, 0.6) is 0 Å². The maximum absolute atomic E-state index is 10.8. The first-order chi connectivity index (χ1) is 6.22. The number of nitrogens with one attached hydrogen (secondary N) is 1. The van der Waals surface area contributed by atoms with Gasteiger partial charge in [-0.05, 0) is 19.4 Å². The number of piperidine rings is 1. The second-order valence-electron chi connectivity index (χ2n) is 3.52. The molecule has 1 fully saturated rings. The normalized spacial score (nSPS) is 24.3. The number of hydrogen-bond donors (Lipinski definition) is 3. The third-order valence-electron chi connectivity index (χ3n) is 2.36. The van der Waals surface area contributed by atoms with Crippen LogP contribution in [0.2, 0.25) is 0 Å². The van der Waals surface area contributed by atoms with Crippen molar-refractivity contribution in [1.29, 1.82) is 0 Å². The van der Waals surface area contributed by atoms with Gasteiger partial charge in [-0.15, -0.1) is 0 Å². The summed E-state index contributed by atoms with van der Waals surface area (Å²) in [6.45, 7) is 2.71. The predicted molar refractivity (Wildman–Crippen MR) is 50.6 cm³/mol. The molecule has 76 valence electrons. The first-order valence-electron chi connectivity index (χ1n) is 4.69. The maximum atomic E-state index is 10.8. The van der Waals surface area contributed by atoms with Crippen molar-refractivity contribution in [2.45, 2.75) is 25.3 Å². The van der Waals surface area contributed by atoms with Crippen molar-refractivity contribution in [2.75, 3.05) is 19.6 Å². The average Bonchev–Trinajstić information content (AvgIpc) is 2.14. The van der Waals surface area contributed by atoms with Crippen molar-refractivity contribution >= 4 is 5.91 Å². The number of nitrogens with zero attached hydrogens (tertiary/aromatic N) is 1. The van der Waals surface area contributed by atoms with Crippen LogP contribution in [-0.2, 0) is 4.79 Å². The Morgan fingerprint density at radius 2 is 2.38 bits per heavy atom. The molecule has 0 saturated carbocycles. The van der Waals surface area contributed by atoms with Crippen molar-refractivity contribution in [3.05, 3.63) is 0 Å². The third-order valence-corrected chi connectivity index (χ3v) is 2.36. The number of likely N-dealkylation sites (tertiary alicyclic amines) is 1. The Bertz CT molecular complexity index is 174. The summed E-state index contributed by atoms with van der Waals surface area (Å²) in [6.07, 6.45) is 2.69. The minimum atomic E-state index is -0.112. The molecule has 5 heteroatoms. The van der Waals surface area contributed by atoms with Crippen LogP contribution >= 0.6 is 0 Å². The molecule has 0 spiro atoms. The summed E-state index contributed by atoms with van der Waals surface area (Å²) in [5, 5.41) is 0. The fourth-order valence-corrected chi connectivity index (χ4v) is 1.63. The standard InChI is InChI=1S/C8H18N4O/c9-7-2-1-4-12(6-7)5-3-8(13)11-10/h7H,1-6,9-10H2,(H,11,13). The first kappa shape index (κ1) is 10.4. The zero-order valence-corrected chi connectivity index (χ0v) is 7.83. The van der Waals surface area contributed by atoms with Gasteiger partial charge in [0.05, 0.1) is 0 Å². The lowest BCUT2D eigenvalue weighted by Crippen LogP contribution is -2.44. The minimum Gasteiger partial charge on any atom is -0.327 e. The van der Waals surface area contributed by atoms with Gasteiger partial charge in [0, 0.05) is 25.6 Å². The van der Waals surface area contributed by atoms with Gasteiger partial charge in [0.25, 0.3) is 0 Å². The quantitative estimate of drug-likeness (QED) is 0.293. The number of carbonyl (C=O) groups is 1. The highest BCUT2D eigenvalue weighted by atomic mass is 16.2. The molecule has 0 radical (unpaired) electrons. The number of nitrogens with two attached hydrogens (primary N) is 2. The predicted octanol–water partition coefficient (Wildman–Crippen LogP) is -1.21. The number of hydrogen-bond acceptors (Lipinski definition) is 4. The summed E-state index contributed by atoms with van der Waals surface area (Å²) in [7, 11) is 0. The van der Waals surface area contributed by atoms with Crippen LogP contribution in [0.15, 0.2) is 0 Å². The second-order valence-corrected chi connectivity index (χ2v) is 3.52. The van der Waals surface area contributed by atoms with Crippen LogP contribution in [0.25, 0.3) is 0 Å². The van der Waals surface area contributed by atoms with E-state index in [9.17, 15) is 4.79 Å². The van der Waals surface area contributed by atoms with Gasteiger partial charge in [0.1, 0.15) is 0 Å². The molecule has 0 aromatic rings. The molecule has 5 N–H and O–H groups in total. The van der Waals surface area contributed by atoms with Crippen LogP contribution < -0.4 is 17.0 Å². The Hall–Kier alpha value is -0.650. The molecule has 1 saturated heterocycles. The SMILES string of the molecule is NNC(=O)CCN1CCCC(N)C1.